The number of nitrogens with zero attached hydrogens (tertiary/aromatic N) is 1. The molecule has 0 spiro atoms. The van der Waals surface area contributed by atoms with Gasteiger partial charge in [0, 0.05) is 36.3 Å². The maximum absolute atomic E-state index is 12.8. The first-order chi connectivity index (χ1) is 13.6. The van der Waals surface area contributed by atoms with E-state index in [2.05, 4.69) is 10.6 Å². The minimum atomic E-state index is -0.570. The Bertz CT molecular complexity index is 734. The highest BCUT2D eigenvalue weighted by Gasteiger charge is 2.39. The van der Waals surface area contributed by atoms with Gasteiger partial charge in [-0.3, -0.25) is 19.7 Å². The number of benzene rings is 1. The molecule has 4 N–H and O–H groups in total. The molecule has 7 nitrogen and oxygen atoms in total. The molecule has 2 aliphatic heterocycles. The summed E-state index contributed by atoms with van der Waals surface area (Å²) in [6.45, 7) is 2.04. The second-order valence-corrected chi connectivity index (χ2v) is 7.57. The summed E-state index contributed by atoms with van der Waals surface area (Å²) in [4.78, 5) is 37.9. The van der Waals surface area contributed by atoms with Gasteiger partial charge in [-0.1, -0.05) is 31.7 Å². The van der Waals surface area contributed by atoms with Crippen LogP contribution in [0.4, 0.5) is 5.69 Å². The van der Waals surface area contributed by atoms with Gasteiger partial charge >= 0.3 is 0 Å². The van der Waals surface area contributed by atoms with Gasteiger partial charge < -0.3 is 16.0 Å². The van der Waals surface area contributed by atoms with Gasteiger partial charge in [0.15, 0.2) is 0 Å². The smallest absolute Gasteiger partial charge is 0.255 e. The topological polar surface area (TPSA) is 105 Å². The lowest BCUT2D eigenvalue weighted by Gasteiger charge is -2.29. The van der Waals surface area contributed by atoms with Crippen LogP contribution in [0, 0.1) is 0 Å². The maximum atomic E-state index is 12.8. The molecule has 1 fully saturated rings. The number of amides is 3. The van der Waals surface area contributed by atoms with Gasteiger partial charge in [0.2, 0.25) is 11.8 Å². The number of nitrogens with one attached hydrogen (secondary N) is 2. The zero-order valence-corrected chi connectivity index (χ0v) is 16.3. The van der Waals surface area contributed by atoms with E-state index in [9.17, 15) is 14.4 Å². The number of nitrogens with two attached hydrogens (primary N) is 1. The van der Waals surface area contributed by atoms with E-state index in [1.807, 2.05) is 18.2 Å². The molecule has 0 radical (unpaired) electrons. The number of carbonyl (C=O) groups is 3. The third-order valence-corrected chi connectivity index (χ3v) is 5.53. The Morgan fingerprint density at radius 1 is 1.07 bits per heavy atom. The van der Waals surface area contributed by atoms with Crippen LogP contribution in [0.15, 0.2) is 18.2 Å². The second kappa shape index (κ2) is 9.68. The number of hydrogen-bond donors (Lipinski definition) is 3. The van der Waals surface area contributed by atoms with Gasteiger partial charge in [0.05, 0.1) is 0 Å². The van der Waals surface area contributed by atoms with E-state index in [4.69, 9.17) is 5.73 Å². The van der Waals surface area contributed by atoms with E-state index in [0.717, 1.165) is 37.2 Å². The minimum Gasteiger partial charge on any atom is -0.385 e. The fraction of sp³-hybridized carbons (Fsp3) is 0.571. The summed E-state index contributed by atoms with van der Waals surface area (Å²) in [6, 6.07) is 5.10. The number of piperidine rings is 1. The van der Waals surface area contributed by atoms with Crippen molar-refractivity contribution in [3.05, 3.63) is 29.3 Å². The van der Waals surface area contributed by atoms with Gasteiger partial charge in [-0.25, -0.2) is 0 Å². The van der Waals surface area contributed by atoms with Crippen molar-refractivity contribution in [3.8, 4) is 0 Å². The third kappa shape index (κ3) is 4.70. The zero-order valence-electron chi connectivity index (χ0n) is 16.3. The molecule has 7 heteroatoms. The van der Waals surface area contributed by atoms with Crippen molar-refractivity contribution in [2.45, 2.75) is 64.0 Å². The number of unbranched alkanes of at least 4 members (excludes halogenated alkanes) is 5. The number of carbonyl (C=O) groups excluding carboxylic acids is 3. The Balaban J connectivity index is 1.54. The lowest BCUT2D eigenvalue weighted by Crippen LogP contribution is -2.52. The van der Waals surface area contributed by atoms with Crippen molar-refractivity contribution in [3.63, 3.8) is 0 Å². The third-order valence-electron chi connectivity index (χ3n) is 5.53. The predicted octanol–water partition coefficient (Wildman–Crippen LogP) is 2.16. The molecule has 0 saturated carbocycles. The normalized spacial score (nSPS) is 19.0. The van der Waals surface area contributed by atoms with Crippen molar-refractivity contribution in [2.75, 3.05) is 18.4 Å². The predicted molar refractivity (Wildman–Crippen MR) is 108 cm³/mol. The summed E-state index contributed by atoms with van der Waals surface area (Å²) in [5, 5.41) is 5.80. The average molecular weight is 386 g/mol. The fourth-order valence-corrected chi connectivity index (χ4v) is 3.95. The molecule has 1 saturated heterocycles. The van der Waals surface area contributed by atoms with Crippen LogP contribution < -0.4 is 16.4 Å². The number of fused-ring (bicyclic) bond motifs is 1. The van der Waals surface area contributed by atoms with E-state index in [1.165, 1.54) is 25.7 Å². The Morgan fingerprint density at radius 3 is 2.57 bits per heavy atom. The fourth-order valence-electron chi connectivity index (χ4n) is 3.95. The van der Waals surface area contributed by atoms with E-state index in [-0.39, 0.29) is 24.1 Å². The van der Waals surface area contributed by atoms with Gasteiger partial charge in [-0.05, 0) is 37.9 Å². The molecule has 0 bridgehead atoms. The first kappa shape index (κ1) is 20.3. The molecule has 3 amide bonds. The molecule has 0 aromatic heterocycles. The summed E-state index contributed by atoms with van der Waals surface area (Å²) in [6.07, 6.45) is 7.67. The van der Waals surface area contributed by atoms with Crippen LogP contribution >= 0.6 is 0 Å². The Labute approximate surface area is 166 Å². The molecule has 3 rings (SSSR count). The Kier molecular flexibility index (Phi) is 7.03. The zero-order chi connectivity index (χ0) is 19.9. The molecule has 2 aliphatic rings. The lowest BCUT2D eigenvalue weighted by atomic mass is 10.0. The highest BCUT2D eigenvalue weighted by Crippen LogP contribution is 2.32. The molecule has 1 atom stereocenters. The number of imide groups is 1. The average Bonchev–Trinajstić information content (AvgIpc) is 3.01. The summed E-state index contributed by atoms with van der Waals surface area (Å²) in [7, 11) is 0. The van der Waals surface area contributed by atoms with Crippen molar-refractivity contribution in [1.29, 1.82) is 0 Å². The summed E-state index contributed by atoms with van der Waals surface area (Å²) >= 11 is 0. The van der Waals surface area contributed by atoms with Gasteiger partial charge in [0.1, 0.15) is 6.04 Å². The van der Waals surface area contributed by atoms with Crippen molar-refractivity contribution >= 4 is 23.4 Å². The second-order valence-electron chi connectivity index (χ2n) is 7.57. The monoisotopic (exact) mass is 386 g/mol. The Hall–Kier alpha value is -2.41. The van der Waals surface area contributed by atoms with Crippen molar-refractivity contribution in [1.82, 2.24) is 10.2 Å². The van der Waals surface area contributed by atoms with Crippen LogP contribution in [0.3, 0.4) is 0 Å². The summed E-state index contributed by atoms with van der Waals surface area (Å²) < 4.78 is 0. The SMILES string of the molecule is NCCCCCCCCNc1cccc2c1CN(C1CCC(=O)NC1=O)C2=O. The number of anilines is 1. The molecule has 28 heavy (non-hydrogen) atoms. The van der Waals surface area contributed by atoms with Crippen LogP contribution in [0.2, 0.25) is 0 Å². The Morgan fingerprint density at radius 2 is 1.82 bits per heavy atom. The molecule has 152 valence electrons. The van der Waals surface area contributed by atoms with E-state index >= 15 is 0 Å². The minimum absolute atomic E-state index is 0.131. The van der Waals surface area contributed by atoms with Crippen molar-refractivity contribution in [2.24, 2.45) is 5.73 Å². The van der Waals surface area contributed by atoms with Gasteiger partial charge in [-0.15, -0.1) is 0 Å². The van der Waals surface area contributed by atoms with Crippen LogP contribution in [-0.4, -0.2) is 41.8 Å². The summed E-state index contributed by atoms with van der Waals surface area (Å²) in [5.41, 5.74) is 8.06. The van der Waals surface area contributed by atoms with Gasteiger partial charge in [0.25, 0.3) is 5.91 Å². The first-order valence-electron chi connectivity index (χ1n) is 10.3. The van der Waals surface area contributed by atoms with Gasteiger partial charge in [-0.2, -0.15) is 0 Å². The lowest BCUT2D eigenvalue weighted by molar-refractivity contribution is -0.136. The quantitative estimate of drug-likeness (QED) is 0.422. The summed E-state index contributed by atoms with van der Waals surface area (Å²) in [5.74, 6) is -0.773. The number of rotatable bonds is 10. The molecule has 1 unspecified atom stereocenters. The molecular formula is C21H30N4O3. The first-order valence-corrected chi connectivity index (χ1v) is 10.3. The maximum Gasteiger partial charge on any atom is 0.255 e. The highest BCUT2D eigenvalue weighted by molar-refractivity contribution is 6.06. The molecule has 2 heterocycles. The largest absolute Gasteiger partial charge is 0.385 e. The molecule has 1 aromatic carbocycles. The van der Waals surface area contributed by atoms with E-state index < -0.39 is 6.04 Å². The van der Waals surface area contributed by atoms with E-state index in [0.29, 0.717) is 18.5 Å². The van der Waals surface area contributed by atoms with Crippen LogP contribution in [0.1, 0.15) is 67.3 Å². The number of hydrogen-bond acceptors (Lipinski definition) is 5. The molecule has 1 aromatic rings. The molecular weight excluding hydrogens is 356 g/mol. The van der Waals surface area contributed by atoms with Crippen LogP contribution in [-0.2, 0) is 16.1 Å². The van der Waals surface area contributed by atoms with Crippen molar-refractivity contribution < 1.29 is 14.4 Å². The van der Waals surface area contributed by atoms with E-state index in [1.54, 1.807) is 4.90 Å². The van der Waals surface area contributed by atoms with Crippen LogP contribution in [0.5, 0.6) is 0 Å². The van der Waals surface area contributed by atoms with Crippen LogP contribution in [0.25, 0.3) is 0 Å². The highest BCUT2D eigenvalue weighted by atomic mass is 16.2. The molecule has 0 aliphatic carbocycles. The standard InChI is InChI=1S/C21H30N4O3/c22-12-5-3-1-2-4-6-13-23-17-9-7-8-15-16(17)14-25(21(15)28)18-10-11-19(26)24-20(18)27/h7-9,18,23H,1-6,10-14,22H2,(H,24,26,27).